The van der Waals surface area contributed by atoms with Crippen molar-refractivity contribution in [2.75, 3.05) is 27.7 Å². The van der Waals surface area contributed by atoms with Crippen LogP contribution in [0.15, 0.2) is 48.5 Å². The third-order valence-electron chi connectivity index (χ3n) is 5.29. The molecule has 7 heteroatoms. The zero-order valence-corrected chi connectivity index (χ0v) is 16.8. The highest BCUT2D eigenvalue weighted by Gasteiger charge is 2.32. The fourth-order valence-electron chi connectivity index (χ4n) is 3.60. The van der Waals surface area contributed by atoms with Crippen molar-refractivity contribution in [1.29, 1.82) is 0 Å². The van der Waals surface area contributed by atoms with Crippen LogP contribution in [0.25, 0.3) is 11.1 Å². The van der Waals surface area contributed by atoms with Crippen molar-refractivity contribution >= 4 is 17.9 Å². The summed E-state index contributed by atoms with van der Waals surface area (Å²) in [6, 6.07) is 15.0. The van der Waals surface area contributed by atoms with E-state index >= 15 is 0 Å². The summed E-state index contributed by atoms with van der Waals surface area (Å²) in [6.45, 7) is 0.129. The van der Waals surface area contributed by atoms with Crippen LogP contribution in [0.5, 0.6) is 0 Å². The van der Waals surface area contributed by atoms with Gasteiger partial charge < -0.3 is 15.4 Å². The largest absolute Gasteiger partial charge is 0.448 e. The van der Waals surface area contributed by atoms with E-state index in [1.165, 1.54) is 11.9 Å². The molecule has 0 spiro atoms. The van der Waals surface area contributed by atoms with E-state index in [9.17, 15) is 14.4 Å². The van der Waals surface area contributed by atoms with Gasteiger partial charge in [-0.25, -0.2) is 4.79 Å². The lowest BCUT2D eigenvalue weighted by Gasteiger charge is -2.26. The van der Waals surface area contributed by atoms with E-state index in [4.69, 9.17) is 10.5 Å². The number of rotatable bonds is 6. The van der Waals surface area contributed by atoms with Crippen molar-refractivity contribution in [3.8, 4) is 11.1 Å². The summed E-state index contributed by atoms with van der Waals surface area (Å²) < 4.78 is 5.53. The molecule has 2 aromatic carbocycles. The van der Waals surface area contributed by atoms with Crippen molar-refractivity contribution in [2.24, 2.45) is 5.73 Å². The Labute approximate surface area is 170 Å². The lowest BCUT2D eigenvalue weighted by Crippen LogP contribution is -2.48. The van der Waals surface area contributed by atoms with Gasteiger partial charge in [-0.3, -0.25) is 14.5 Å². The summed E-state index contributed by atoms with van der Waals surface area (Å²) in [5, 5.41) is 0. The molecule has 0 aromatic heterocycles. The number of hydrogen-bond donors (Lipinski definition) is 1. The van der Waals surface area contributed by atoms with Gasteiger partial charge in [0.2, 0.25) is 11.8 Å². The van der Waals surface area contributed by atoms with Crippen LogP contribution in [0, 0.1) is 0 Å². The number of primary amides is 1. The van der Waals surface area contributed by atoms with E-state index < -0.39 is 18.0 Å². The second kappa shape index (κ2) is 8.34. The number of fused-ring (bicyclic) bond motifs is 3. The molecular formula is C22H25N3O4. The highest BCUT2D eigenvalue weighted by Crippen LogP contribution is 2.44. The predicted octanol–water partition coefficient (Wildman–Crippen LogP) is 2.20. The van der Waals surface area contributed by atoms with Gasteiger partial charge in [0, 0.05) is 27.1 Å². The van der Waals surface area contributed by atoms with Crippen molar-refractivity contribution in [3.05, 3.63) is 59.7 Å². The van der Waals surface area contributed by atoms with E-state index in [0.29, 0.717) is 0 Å². The second-order valence-corrected chi connectivity index (χ2v) is 7.33. The third kappa shape index (κ3) is 4.08. The summed E-state index contributed by atoms with van der Waals surface area (Å²) >= 11 is 0. The molecule has 2 aromatic rings. The molecule has 0 heterocycles. The Morgan fingerprint density at radius 3 is 1.97 bits per heavy atom. The lowest BCUT2D eigenvalue weighted by molar-refractivity contribution is -0.133. The Hall–Kier alpha value is -3.35. The summed E-state index contributed by atoms with van der Waals surface area (Å²) in [4.78, 5) is 38.8. The lowest BCUT2D eigenvalue weighted by atomic mass is 9.98. The molecule has 3 amide bonds. The number of ether oxygens (including phenoxy) is 1. The molecule has 0 aliphatic heterocycles. The molecule has 7 nitrogen and oxygen atoms in total. The molecule has 29 heavy (non-hydrogen) atoms. The first-order valence-electron chi connectivity index (χ1n) is 9.38. The van der Waals surface area contributed by atoms with Gasteiger partial charge in [-0.2, -0.15) is 0 Å². The normalized spacial score (nSPS) is 13.2. The Morgan fingerprint density at radius 2 is 1.48 bits per heavy atom. The van der Waals surface area contributed by atoms with E-state index in [1.807, 2.05) is 36.4 Å². The first kappa shape index (κ1) is 20.4. The van der Waals surface area contributed by atoms with E-state index in [1.54, 1.807) is 14.1 Å². The second-order valence-electron chi connectivity index (χ2n) is 7.33. The van der Waals surface area contributed by atoms with Crippen molar-refractivity contribution in [2.45, 2.75) is 18.4 Å². The number of hydrogen-bond acceptors (Lipinski definition) is 4. The third-order valence-corrected chi connectivity index (χ3v) is 5.29. The molecule has 0 saturated carbocycles. The van der Waals surface area contributed by atoms with Crippen LogP contribution in [0.4, 0.5) is 4.79 Å². The Bertz CT molecular complexity index is 896. The molecule has 0 saturated heterocycles. The minimum atomic E-state index is -1.07. The average Bonchev–Trinajstić information content (AvgIpc) is 3.03. The Kier molecular flexibility index (Phi) is 5.87. The maximum Gasteiger partial charge on any atom is 0.410 e. The van der Waals surface area contributed by atoms with Crippen LogP contribution in [-0.2, 0) is 14.3 Å². The molecule has 1 aliphatic rings. The van der Waals surface area contributed by atoms with Gasteiger partial charge in [-0.05, 0) is 22.3 Å². The standard InChI is InChI=1S/C22H25N3O4/c1-24(2)20(26)12-19(21(23)27)25(3)22(28)29-13-18-16-10-6-4-8-14(16)15-9-5-7-11-17(15)18/h4-11,18-19H,12-13H2,1-3H3,(H2,23,27)/t19-/m0/s1. The number of benzene rings is 2. The summed E-state index contributed by atoms with van der Waals surface area (Å²) in [5.41, 5.74) is 9.86. The summed E-state index contributed by atoms with van der Waals surface area (Å²) in [6.07, 6.45) is -0.884. The number of nitrogens with two attached hydrogens (primary N) is 1. The monoisotopic (exact) mass is 395 g/mol. The molecule has 1 aliphatic carbocycles. The van der Waals surface area contributed by atoms with Crippen LogP contribution in [0.1, 0.15) is 23.5 Å². The minimum absolute atomic E-state index is 0.0878. The average molecular weight is 395 g/mol. The first-order valence-corrected chi connectivity index (χ1v) is 9.38. The molecule has 1 atom stereocenters. The van der Waals surface area contributed by atoms with Gasteiger partial charge in [0.1, 0.15) is 12.6 Å². The SMILES string of the molecule is CN(C)C(=O)C[C@@H](C(N)=O)N(C)C(=O)OCC1c2ccccc2-c2ccccc21. The highest BCUT2D eigenvalue weighted by atomic mass is 16.6. The first-order chi connectivity index (χ1) is 13.8. The fourth-order valence-corrected chi connectivity index (χ4v) is 3.60. The number of carbonyl (C=O) groups is 3. The Morgan fingerprint density at radius 1 is 0.966 bits per heavy atom. The van der Waals surface area contributed by atoms with Crippen LogP contribution in [0.2, 0.25) is 0 Å². The smallest absolute Gasteiger partial charge is 0.410 e. The van der Waals surface area contributed by atoms with Gasteiger partial charge >= 0.3 is 6.09 Å². The van der Waals surface area contributed by atoms with Gasteiger partial charge in [0.15, 0.2) is 0 Å². The maximum absolute atomic E-state index is 12.6. The van der Waals surface area contributed by atoms with Crippen LogP contribution >= 0.6 is 0 Å². The van der Waals surface area contributed by atoms with Crippen LogP contribution < -0.4 is 5.73 Å². The Balaban J connectivity index is 1.73. The minimum Gasteiger partial charge on any atom is -0.448 e. The van der Waals surface area contributed by atoms with Crippen LogP contribution in [-0.4, -0.2) is 61.5 Å². The molecule has 0 unspecified atom stereocenters. The molecule has 0 fully saturated rings. The topological polar surface area (TPSA) is 92.9 Å². The van der Waals surface area contributed by atoms with Gasteiger partial charge in [-0.15, -0.1) is 0 Å². The predicted molar refractivity (Wildman–Crippen MR) is 109 cm³/mol. The van der Waals surface area contributed by atoms with Crippen molar-refractivity contribution in [3.63, 3.8) is 0 Å². The quantitative estimate of drug-likeness (QED) is 0.811. The maximum atomic E-state index is 12.6. The number of likely N-dealkylation sites (N-methyl/N-ethyl adjacent to an activating group) is 1. The van der Waals surface area contributed by atoms with Gasteiger partial charge in [-0.1, -0.05) is 48.5 Å². The molecule has 152 valence electrons. The zero-order valence-electron chi connectivity index (χ0n) is 16.8. The summed E-state index contributed by atoms with van der Waals surface area (Å²) in [7, 11) is 4.57. The molecule has 0 bridgehead atoms. The van der Waals surface area contributed by atoms with Crippen molar-refractivity contribution < 1.29 is 19.1 Å². The van der Waals surface area contributed by atoms with Crippen molar-refractivity contribution in [1.82, 2.24) is 9.80 Å². The van der Waals surface area contributed by atoms with E-state index in [0.717, 1.165) is 27.2 Å². The number of nitrogens with zero attached hydrogens (tertiary/aromatic N) is 2. The van der Waals surface area contributed by atoms with E-state index in [-0.39, 0.29) is 24.9 Å². The zero-order chi connectivity index (χ0) is 21.1. The van der Waals surface area contributed by atoms with Gasteiger partial charge in [0.25, 0.3) is 0 Å². The van der Waals surface area contributed by atoms with Crippen LogP contribution in [0.3, 0.4) is 0 Å². The highest BCUT2D eigenvalue weighted by molar-refractivity contribution is 5.89. The fraction of sp³-hybridized carbons (Fsp3) is 0.318. The number of amides is 3. The molecular weight excluding hydrogens is 370 g/mol. The molecule has 0 radical (unpaired) electrons. The van der Waals surface area contributed by atoms with Gasteiger partial charge in [0.05, 0.1) is 6.42 Å². The summed E-state index contributed by atoms with van der Waals surface area (Å²) in [5.74, 6) is -1.14. The molecule has 2 N–H and O–H groups in total. The van der Waals surface area contributed by atoms with E-state index in [2.05, 4.69) is 12.1 Å². The number of carbonyl (C=O) groups excluding carboxylic acids is 3. The molecule has 3 rings (SSSR count).